The minimum atomic E-state index is -0.127. The molecular formula is C22H30N2O3S. The average molecular weight is 403 g/mol. The number of aromatic nitrogens is 1. The summed E-state index contributed by atoms with van der Waals surface area (Å²) in [4.78, 5) is 1.22. The maximum Gasteiger partial charge on any atom is 0.199 e. The number of hydrogen-bond donors (Lipinski definition) is 1. The Bertz CT molecular complexity index is 788. The van der Waals surface area contributed by atoms with Crippen LogP contribution in [-0.2, 0) is 16.7 Å². The minimum absolute atomic E-state index is 0.0297. The summed E-state index contributed by atoms with van der Waals surface area (Å²) in [5.41, 5.74) is 0.746. The molecule has 2 aliphatic rings. The van der Waals surface area contributed by atoms with Crippen molar-refractivity contribution in [1.82, 2.24) is 5.32 Å². The van der Waals surface area contributed by atoms with Gasteiger partial charge in [-0.25, -0.2) is 0 Å². The average Bonchev–Trinajstić information content (AvgIpc) is 3.35. The van der Waals surface area contributed by atoms with E-state index in [1.165, 1.54) is 17.7 Å². The van der Waals surface area contributed by atoms with Gasteiger partial charge in [0.25, 0.3) is 0 Å². The second-order valence-corrected chi connectivity index (χ2v) is 9.20. The Kier molecular flexibility index (Phi) is 5.90. The van der Waals surface area contributed by atoms with Gasteiger partial charge < -0.3 is 20.0 Å². The molecule has 0 unspecified atom stereocenters. The van der Waals surface area contributed by atoms with E-state index in [1.807, 2.05) is 24.3 Å². The molecule has 1 atom stereocenters. The molecule has 6 heteroatoms. The number of methoxy groups -OCH3 is 1. The highest BCUT2D eigenvalue weighted by atomic mass is 32.1. The van der Waals surface area contributed by atoms with Crippen molar-refractivity contribution in [2.24, 2.45) is 0 Å². The lowest BCUT2D eigenvalue weighted by Crippen LogP contribution is -2.52. The summed E-state index contributed by atoms with van der Waals surface area (Å²) in [6.45, 7) is 2.41. The van der Waals surface area contributed by atoms with Crippen molar-refractivity contribution in [2.75, 3.05) is 20.3 Å². The Morgan fingerprint density at radius 2 is 2.11 bits per heavy atom. The quantitative estimate of drug-likeness (QED) is 0.433. The third-order valence-electron chi connectivity index (χ3n) is 6.52. The van der Waals surface area contributed by atoms with Crippen LogP contribution in [0.3, 0.4) is 0 Å². The van der Waals surface area contributed by atoms with Crippen molar-refractivity contribution >= 4 is 11.3 Å². The van der Waals surface area contributed by atoms with E-state index in [4.69, 9.17) is 9.47 Å². The van der Waals surface area contributed by atoms with E-state index in [1.54, 1.807) is 24.6 Å². The van der Waals surface area contributed by atoms with Crippen molar-refractivity contribution in [2.45, 2.75) is 62.5 Å². The van der Waals surface area contributed by atoms with Crippen LogP contribution in [0.25, 0.3) is 0 Å². The highest BCUT2D eigenvalue weighted by Gasteiger charge is 2.50. The van der Waals surface area contributed by atoms with Gasteiger partial charge in [-0.15, -0.1) is 11.3 Å². The number of rotatable bonds is 7. The van der Waals surface area contributed by atoms with Crippen LogP contribution in [0.5, 0.6) is 5.75 Å². The first-order valence-corrected chi connectivity index (χ1v) is 11.2. The van der Waals surface area contributed by atoms with Crippen LogP contribution in [-0.4, -0.2) is 25.9 Å². The number of thiophene rings is 1. The Hall–Kier alpha value is -1.63. The minimum Gasteiger partial charge on any atom is -0.618 e. The third kappa shape index (κ3) is 3.91. The van der Waals surface area contributed by atoms with Crippen molar-refractivity contribution < 1.29 is 14.2 Å². The van der Waals surface area contributed by atoms with Gasteiger partial charge in [-0.2, -0.15) is 4.73 Å². The SMILES string of the molecule is COc1ccsc1CNCC[C@@]1(c2cccc[n+]2[O-])CCOC2(CCCC2)C1. The topological polar surface area (TPSA) is 57.4 Å². The molecule has 28 heavy (non-hydrogen) atoms. The first-order valence-electron chi connectivity index (χ1n) is 10.3. The van der Waals surface area contributed by atoms with E-state index in [0.717, 1.165) is 68.0 Å². The number of ether oxygens (including phenoxy) is 2. The molecule has 3 heterocycles. The van der Waals surface area contributed by atoms with Gasteiger partial charge in [0.15, 0.2) is 11.9 Å². The molecule has 2 aromatic rings. The van der Waals surface area contributed by atoms with Crippen LogP contribution in [0.1, 0.15) is 55.5 Å². The van der Waals surface area contributed by atoms with E-state index < -0.39 is 0 Å². The standard InChI is InChI=1S/C22H30N2O3S/c1-26-18-7-15-28-19(18)16-23-12-10-21(20-6-2-5-13-24(20)25)11-14-27-22(17-21)8-3-4-9-22/h2,5-7,13,15,23H,3-4,8-12,14,16-17H2,1H3/t21-/m1/s1. The van der Waals surface area contributed by atoms with Crippen molar-refractivity contribution in [3.63, 3.8) is 0 Å². The van der Waals surface area contributed by atoms with E-state index in [0.29, 0.717) is 0 Å². The van der Waals surface area contributed by atoms with Crippen LogP contribution in [0, 0.1) is 5.21 Å². The zero-order chi connectivity index (χ0) is 19.5. The molecule has 5 nitrogen and oxygen atoms in total. The predicted octanol–water partition coefficient (Wildman–Crippen LogP) is 3.93. The summed E-state index contributed by atoms with van der Waals surface area (Å²) in [6.07, 6.45) is 9.16. The van der Waals surface area contributed by atoms with Gasteiger partial charge in [-0.1, -0.05) is 12.8 Å². The molecule has 0 bridgehead atoms. The van der Waals surface area contributed by atoms with E-state index in [-0.39, 0.29) is 11.0 Å². The molecule has 1 N–H and O–H groups in total. The van der Waals surface area contributed by atoms with Crippen molar-refractivity contribution in [3.05, 3.63) is 51.6 Å². The predicted molar refractivity (Wildman–Crippen MR) is 111 cm³/mol. The van der Waals surface area contributed by atoms with E-state index >= 15 is 0 Å². The van der Waals surface area contributed by atoms with Gasteiger partial charge in [0.2, 0.25) is 0 Å². The fourth-order valence-corrected chi connectivity index (χ4v) is 5.94. The molecular weight excluding hydrogens is 372 g/mol. The lowest BCUT2D eigenvalue weighted by Gasteiger charge is -2.45. The molecule has 1 aliphatic carbocycles. The summed E-state index contributed by atoms with van der Waals surface area (Å²) in [5.74, 6) is 0.948. The molecule has 2 aromatic heterocycles. The summed E-state index contributed by atoms with van der Waals surface area (Å²) in [6, 6.07) is 7.83. The van der Waals surface area contributed by atoms with Crippen LogP contribution in [0.2, 0.25) is 0 Å². The van der Waals surface area contributed by atoms with Gasteiger partial charge in [0.05, 0.1) is 23.0 Å². The molecule has 1 saturated carbocycles. The molecule has 1 spiro atoms. The Labute approximate surface area is 171 Å². The lowest BCUT2D eigenvalue weighted by molar-refractivity contribution is -0.619. The molecule has 4 rings (SSSR count). The smallest absolute Gasteiger partial charge is 0.199 e. The van der Waals surface area contributed by atoms with Crippen molar-refractivity contribution in [1.29, 1.82) is 0 Å². The normalized spacial score (nSPS) is 23.9. The summed E-state index contributed by atoms with van der Waals surface area (Å²) in [5, 5.41) is 18.3. The molecule has 2 fully saturated rings. The molecule has 1 aliphatic heterocycles. The monoisotopic (exact) mass is 402 g/mol. The fraction of sp³-hybridized carbons (Fsp3) is 0.591. The molecule has 0 amide bonds. The van der Waals surface area contributed by atoms with Crippen molar-refractivity contribution in [3.8, 4) is 5.75 Å². The number of hydrogen-bond acceptors (Lipinski definition) is 5. The Balaban J connectivity index is 1.50. The first-order chi connectivity index (χ1) is 13.7. The summed E-state index contributed by atoms with van der Waals surface area (Å²) in [7, 11) is 1.71. The lowest BCUT2D eigenvalue weighted by atomic mass is 9.68. The summed E-state index contributed by atoms with van der Waals surface area (Å²) < 4.78 is 12.8. The van der Waals surface area contributed by atoms with Gasteiger partial charge in [-0.3, -0.25) is 0 Å². The zero-order valence-corrected chi connectivity index (χ0v) is 17.4. The molecule has 0 aromatic carbocycles. The largest absolute Gasteiger partial charge is 0.618 e. The fourth-order valence-electron chi connectivity index (χ4n) is 5.13. The maximum absolute atomic E-state index is 12.7. The highest BCUT2D eigenvalue weighted by Crippen LogP contribution is 2.49. The van der Waals surface area contributed by atoms with Gasteiger partial charge >= 0.3 is 0 Å². The van der Waals surface area contributed by atoms with Gasteiger partial charge in [-0.05, 0) is 56.2 Å². The number of nitrogens with one attached hydrogen (secondary N) is 1. The van der Waals surface area contributed by atoms with Crippen LogP contribution < -0.4 is 14.8 Å². The van der Waals surface area contributed by atoms with E-state index in [2.05, 4.69) is 10.7 Å². The molecule has 152 valence electrons. The molecule has 0 radical (unpaired) electrons. The third-order valence-corrected chi connectivity index (χ3v) is 7.42. The van der Waals surface area contributed by atoms with E-state index in [9.17, 15) is 5.21 Å². The number of pyridine rings is 1. The van der Waals surface area contributed by atoms with Gasteiger partial charge in [0, 0.05) is 25.3 Å². The van der Waals surface area contributed by atoms with Crippen LogP contribution in [0.4, 0.5) is 0 Å². The van der Waals surface area contributed by atoms with Crippen LogP contribution >= 0.6 is 11.3 Å². The molecule has 1 saturated heterocycles. The Morgan fingerprint density at radius 1 is 1.25 bits per heavy atom. The van der Waals surface area contributed by atoms with Crippen LogP contribution in [0.15, 0.2) is 35.8 Å². The number of nitrogens with zero attached hydrogens (tertiary/aromatic N) is 1. The zero-order valence-electron chi connectivity index (χ0n) is 16.6. The second kappa shape index (κ2) is 8.39. The second-order valence-electron chi connectivity index (χ2n) is 8.20. The summed E-state index contributed by atoms with van der Waals surface area (Å²) >= 11 is 1.71. The Morgan fingerprint density at radius 3 is 2.89 bits per heavy atom. The first kappa shape index (κ1) is 19.7. The maximum atomic E-state index is 12.7. The van der Waals surface area contributed by atoms with Gasteiger partial charge in [0.1, 0.15) is 5.75 Å². The highest BCUT2D eigenvalue weighted by molar-refractivity contribution is 7.10.